The Kier molecular flexibility index (Phi) is 24.0. The van der Waals surface area contributed by atoms with E-state index in [1.807, 2.05) is 67.7 Å². The maximum absolute atomic E-state index is 4.82. The molecule has 4 rings (SSSR count). The molecule has 0 N–H and O–H groups in total. The van der Waals surface area contributed by atoms with Gasteiger partial charge in [-0.15, -0.1) is 0 Å². The summed E-state index contributed by atoms with van der Waals surface area (Å²) < 4.78 is 2.09. The second-order valence-corrected chi connectivity index (χ2v) is 10.2. The number of rotatable bonds is 6. The lowest BCUT2D eigenvalue weighted by Crippen LogP contribution is -2.27. The van der Waals surface area contributed by atoms with Gasteiger partial charge in [0.15, 0.2) is 0 Å². The van der Waals surface area contributed by atoms with Gasteiger partial charge < -0.3 is 0 Å². The van der Waals surface area contributed by atoms with Crippen LogP contribution in [0.5, 0.6) is 0 Å². The van der Waals surface area contributed by atoms with E-state index in [-0.39, 0.29) is 0 Å². The van der Waals surface area contributed by atoms with Crippen molar-refractivity contribution < 1.29 is 0 Å². The molecule has 0 unspecified atom stereocenters. The number of benzene rings is 1. The summed E-state index contributed by atoms with van der Waals surface area (Å²) >= 11 is 0. The van der Waals surface area contributed by atoms with Crippen LogP contribution in [0.25, 0.3) is 29.5 Å². The predicted molar refractivity (Wildman–Crippen MR) is 197 cm³/mol. The van der Waals surface area contributed by atoms with E-state index in [0.717, 1.165) is 36.0 Å². The summed E-state index contributed by atoms with van der Waals surface area (Å²) in [5, 5.41) is 6.77. The fraction of sp³-hybridized carbons (Fsp3) is 0.550. The van der Waals surface area contributed by atoms with Gasteiger partial charge in [0.1, 0.15) is 0 Å². The first-order chi connectivity index (χ1) is 20.8. The first-order valence-electron chi connectivity index (χ1n) is 17.3. The van der Waals surface area contributed by atoms with Gasteiger partial charge in [0.2, 0.25) is 0 Å². The molecular formula is C40H67N3. The molecule has 0 atom stereocenters. The van der Waals surface area contributed by atoms with Crippen molar-refractivity contribution in [3.63, 3.8) is 0 Å². The maximum atomic E-state index is 4.82. The Labute approximate surface area is 267 Å². The van der Waals surface area contributed by atoms with Crippen LogP contribution in [-0.2, 0) is 18.4 Å². The number of hydrogen-bond acceptors (Lipinski definition) is 2. The molecule has 0 radical (unpaired) electrons. The first kappa shape index (κ1) is 42.2. The van der Waals surface area contributed by atoms with Crippen LogP contribution >= 0.6 is 0 Å². The van der Waals surface area contributed by atoms with Gasteiger partial charge >= 0.3 is 0 Å². The molecule has 0 saturated carbocycles. The summed E-state index contributed by atoms with van der Waals surface area (Å²) in [5.41, 5.74) is 8.02. The highest BCUT2D eigenvalue weighted by atomic mass is 15.3. The summed E-state index contributed by atoms with van der Waals surface area (Å²) in [5.74, 6) is 0. The highest BCUT2D eigenvalue weighted by Crippen LogP contribution is 2.37. The van der Waals surface area contributed by atoms with E-state index in [2.05, 4.69) is 100 Å². The van der Waals surface area contributed by atoms with Crippen LogP contribution in [0, 0.1) is 6.92 Å². The molecule has 0 bridgehead atoms. The Balaban J connectivity index is 0. The van der Waals surface area contributed by atoms with Crippen LogP contribution in [0.2, 0.25) is 0 Å². The minimum Gasteiger partial charge on any atom is -0.269 e. The van der Waals surface area contributed by atoms with E-state index in [9.17, 15) is 0 Å². The highest BCUT2D eigenvalue weighted by molar-refractivity contribution is 5.61. The summed E-state index contributed by atoms with van der Waals surface area (Å²) in [6, 6.07) is 11.0. The molecule has 0 saturated heterocycles. The number of unbranched alkanes of at least 4 members (excludes halogenated alkanes) is 1. The Bertz CT molecular complexity index is 1260. The third-order valence-corrected chi connectivity index (χ3v) is 7.12. The lowest BCUT2D eigenvalue weighted by molar-refractivity contribution is 0.432. The van der Waals surface area contributed by atoms with Gasteiger partial charge in [-0.2, -0.15) is 5.10 Å². The molecule has 2 heterocycles. The zero-order valence-corrected chi connectivity index (χ0v) is 30.7. The van der Waals surface area contributed by atoms with Crippen molar-refractivity contribution in [3.05, 3.63) is 76.1 Å². The van der Waals surface area contributed by atoms with Gasteiger partial charge in [-0.25, -0.2) is 4.98 Å². The molecule has 1 aromatic carbocycles. The molecule has 0 aliphatic heterocycles. The summed E-state index contributed by atoms with van der Waals surface area (Å²) in [6.07, 6.45) is 15.4. The minimum atomic E-state index is 0.354. The number of aryl methyl sites for hydroxylation is 2. The van der Waals surface area contributed by atoms with Crippen molar-refractivity contribution in [3.8, 4) is 11.3 Å². The number of fused-ring (bicyclic) bond motifs is 1. The average molecular weight is 590 g/mol. The van der Waals surface area contributed by atoms with Crippen molar-refractivity contribution in [2.75, 3.05) is 0 Å². The Morgan fingerprint density at radius 3 is 2.16 bits per heavy atom. The van der Waals surface area contributed by atoms with E-state index >= 15 is 0 Å². The third-order valence-electron chi connectivity index (χ3n) is 7.12. The van der Waals surface area contributed by atoms with Gasteiger partial charge in [-0.3, -0.25) is 4.68 Å². The van der Waals surface area contributed by atoms with Crippen LogP contribution in [0.1, 0.15) is 144 Å². The Hall–Kier alpha value is -2.94. The van der Waals surface area contributed by atoms with Gasteiger partial charge in [0.25, 0.3) is 0 Å². The smallest absolute Gasteiger partial charge is 0.0743 e. The van der Waals surface area contributed by atoms with Crippen molar-refractivity contribution in [2.24, 2.45) is 0 Å². The van der Waals surface area contributed by atoms with Gasteiger partial charge in [0, 0.05) is 17.8 Å². The van der Waals surface area contributed by atoms with Crippen molar-refractivity contribution in [1.29, 1.82) is 0 Å². The molecule has 1 aliphatic carbocycles. The first-order valence-corrected chi connectivity index (χ1v) is 17.3. The molecule has 3 nitrogen and oxygen atoms in total. The van der Waals surface area contributed by atoms with Crippen LogP contribution < -0.4 is 10.6 Å². The van der Waals surface area contributed by atoms with E-state index < -0.39 is 0 Å². The molecule has 43 heavy (non-hydrogen) atoms. The fourth-order valence-corrected chi connectivity index (χ4v) is 4.89. The average Bonchev–Trinajstić information content (AvgIpc) is 3.43. The maximum Gasteiger partial charge on any atom is 0.0743 e. The van der Waals surface area contributed by atoms with Crippen LogP contribution in [0.4, 0.5) is 0 Å². The van der Waals surface area contributed by atoms with E-state index in [1.165, 1.54) is 53.3 Å². The predicted octanol–water partition coefficient (Wildman–Crippen LogP) is 11.1. The molecule has 1 aliphatic rings. The second-order valence-electron chi connectivity index (χ2n) is 10.2. The van der Waals surface area contributed by atoms with Crippen molar-refractivity contribution >= 4 is 18.2 Å². The lowest BCUT2D eigenvalue weighted by Gasteiger charge is -2.32. The topological polar surface area (TPSA) is 30.7 Å². The molecule has 2 aromatic heterocycles. The van der Waals surface area contributed by atoms with Crippen molar-refractivity contribution in [2.45, 2.75) is 147 Å². The monoisotopic (exact) mass is 590 g/mol. The van der Waals surface area contributed by atoms with Crippen LogP contribution in [0.15, 0.2) is 43.1 Å². The molecule has 0 spiro atoms. The van der Waals surface area contributed by atoms with E-state index in [1.54, 1.807) is 0 Å². The summed E-state index contributed by atoms with van der Waals surface area (Å²) in [4.78, 5) is 4.82. The summed E-state index contributed by atoms with van der Waals surface area (Å²) in [7, 11) is 0. The lowest BCUT2D eigenvalue weighted by atomic mass is 9.72. The van der Waals surface area contributed by atoms with E-state index in [4.69, 9.17) is 4.98 Å². The molecule has 0 amide bonds. The van der Waals surface area contributed by atoms with Gasteiger partial charge in [0.05, 0.1) is 17.2 Å². The van der Waals surface area contributed by atoms with E-state index in [0.29, 0.717) is 5.41 Å². The zero-order chi connectivity index (χ0) is 33.4. The SMILES string of the molecule is C/C=c1/ccc(-c2cnn(CCCC)c2C)n/c1=C/CC.C=Cc1ccc2c(c1)C(C)(C)CCC2.CC.CC.CC.CC. The number of pyridine rings is 1. The molecule has 0 fully saturated rings. The molecule has 242 valence electrons. The standard InChI is InChI=1S/C18H25N3.C14H18.4C2H6/c1-5-8-12-21-14(4)16(13-19-21)18-11-10-15(7-3)17(20-18)9-6-2;1-4-11-7-8-12-6-5-9-14(2,3)13(12)10-11;4*1-2/h7,9-11,13H,5-6,8,12H2,1-4H3;4,7-8,10H,1,5-6,9H2,2-3H3;4*1-2H3/b15-7-,17-9+;;;;;. The largest absolute Gasteiger partial charge is 0.269 e. The second kappa shape index (κ2) is 24.5. The number of hydrogen-bond donors (Lipinski definition) is 0. The molecule has 3 aromatic rings. The molecular weight excluding hydrogens is 522 g/mol. The highest BCUT2D eigenvalue weighted by Gasteiger charge is 2.26. The fourth-order valence-electron chi connectivity index (χ4n) is 4.89. The zero-order valence-electron chi connectivity index (χ0n) is 30.7. The summed E-state index contributed by atoms with van der Waals surface area (Å²) in [6.45, 7) is 34.0. The Morgan fingerprint density at radius 1 is 0.953 bits per heavy atom. The van der Waals surface area contributed by atoms with Gasteiger partial charge in [-0.05, 0) is 79.3 Å². The Morgan fingerprint density at radius 2 is 1.60 bits per heavy atom. The minimum absolute atomic E-state index is 0.354. The number of nitrogens with zero attached hydrogens (tertiary/aromatic N) is 3. The number of aromatic nitrogens is 3. The van der Waals surface area contributed by atoms with Crippen LogP contribution in [-0.4, -0.2) is 14.8 Å². The van der Waals surface area contributed by atoms with Gasteiger partial charge in [-0.1, -0.05) is 139 Å². The molecule has 3 heteroatoms. The third kappa shape index (κ3) is 13.1. The quantitative estimate of drug-likeness (QED) is 0.286. The normalized spacial score (nSPS) is 13.1. The van der Waals surface area contributed by atoms with Crippen molar-refractivity contribution in [1.82, 2.24) is 14.8 Å². The van der Waals surface area contributed by atoms with Crippen LogP contribution in [0.3, 0.4) is 0 Å².